The van der Waals surface area contributed by atoms with Crippen LogP contribution in [-0.4, -0.2) is 27.2 Å². The lowest BCUT2D eigenvalue weighted by molar-refractivity contribution is -0.116. The van der Waals surface area contributed by atoms with Crippen LogP contribution < -0.4 is 14.8 Å². The van der Waals surface area contributed by atoms with Crippen LogP contribution in [0, 0.1) is 5.82 Å². The molecule has 0 spiro atoms. The van der Waals surface area contributed by atoms with E-state index in [-0.39, 0.29) is 29.1 Å². The van der Waals surface area contributed by atoms with E-state index >= 15 is 0 Å². The van der Waals surface area contributed by atoms with Crippen LogP contribution in [0.2, 0.25) is 0 Å². The van der Waals surface area contributed by atoms with Crippen molar-refractivity contribution in [1.29, 1.82) is 0 Å². The van der Waals surface area contributed by atoms with Gasteiger partial charge in [-0.1, -0.05) is 58.2 Å². The van der Waals surface area contributed by atoms with Crippen molar-refractivity contribution < 1.29 is 22.3 Å². The predicted molar refractivity (Wildman–Crippen MR) is 137 cm³/mol. The number of amides is 1. The summed E-state index contributed by atoms with van der Waals surface area (Å²) in [6, 6.07) is 8.55. The first-order valence-electron chi connectivity index (χ1n) is 10.6. The monoisotopic (exact) mass is 486 g/mol. The van der Waals surface area contributed by atoms with Crippen molar-refractivity contribution in [2.75, 3.05) is 17.6 Å². The minimum atomic E-state index is -3.66. The molecule has 2 rings (SSSR count). The fourth-order valence-corrected chi connectivity index (χ4v) is 3.65. The molecule has 0 aromatic heterocycles. The summed E-state index contributed by atoms with van der Waals surface area (Å²) in [6.45, 7) is 14.0. The first-order chi connectivity index (χ1) is 15.8. The van der Waals surface area contributed by atoms with Crippen LogP contribution in [0.5, 0.6) is 5.75 Å². The molecule has 0 unspecified atom stereocenters. The Morgan fingerprint density at radius 1 is 1.15 bits per heavy atom. The van der Waals surface area contributed by atoms with Gasteiger partial charge < -0.3 is 10.1 Å². The van der Waals surface area contributed by atoms with Gasteiger partial charge in [0.2, 0.25) is 15.9 Å². The fraction of sp³-hybridized carbons (Fsp3) is 0.269. The third-order valence-corrected chi connectivity index (χ3v) is 5.38. The Hall–Kier alpha value is -3.39. The first kappa shape index (κ1) is 26.9. The maximum absolute atomic E-state index is 14.5. The number of halogens is 1. The molecule has 0 fully saturated rings. The maximum atomic E-state index is 14.5. The largest absolute Gasteiger partial charge is 0.489 e. The average Bonchev–Trinajstić information content (AvgIpc) is 2.75. The van der Waals surface area contributed by atoms with Crippen LogP contribution in [-0.2, 0) is 26.8 Å². The summed E-state index contributed by atoms with van der Waals surface area (Å²) < 4.78 is 45.3. The predicted octanol–water partition coefficient (Wildman–Crippen LogP) is 5.03. The van der Waals surface area contributed by atoms with Crippen LogP contribution >= 0.6 is 0 Å². The highest BCUT2D eigenvalue weighted by molar-refractivity contribution is 7.92. The summed E-state index contributed by atoms with van der Waals surface area (Å²) in [5.74, 6) is -0.498. The lowest BCUT2D eigenvalue weighted by Crippen LogP contribution is -2.20. The molecule has 0 saturated heterocycles. The molecule has 8 heteroatoms. The number of sulfonamides is 1. The molecule has 0 aliphatic carbocycles. The minimum absolute atomic E-state index is 0.0445. The number of hydrogen-bond acceptors (Lipinski definition) is 4. The Morgan fingerprint density at radius 3 is 2.44 bits per heavy atom. The normalized spacial score (nSPS) is 11.8. The van der Waals surface area contributed by atoms with Crippen LogP contribution in [0.1, 0.15) is 43.0 Å². The minimum Gasteiger partial charge on any atom is -0.489 e. The molecule has 2 aromatic carbocycles. The van der Waals surface area contributed by atoms with Crippen molar-refractivity contribution >= 4 is 33.8 Å². The highest BCUT2D eigenvalue weighted by Gasteiger charge is 2.16. The van der Waals surface area contributed by atoms with Gasteiger partial charge in [-0.25, -0.2) is 12.8 Å². The standard InChI is InChI=1S/C26H31FN2O4S/c1-7-13-33-23-16-21(26(3,4)5)11-9-20(23)10-12-24(30)28-17-18-14-19(8-2)25(22(27)15-18)29-34(6,31)32/h7-12,14-16,29H,1-2,13,17H2,3-6H3,(H,28,30). The molecule has 0 aliphatic heterocycles. The molecule has 2 aromatic rings. The van der Waals surface area contributed by atoms with Crippen molar-refractivity contribution in [2.45, 2.75) is 32.7 Å². The van der Waals surface area contributed by atoms with Gasteiger partial charge in [0, 0.05) is 23.7 Å². The maximum Gasteiger partial charge on any atom is 0.244 e. The zero-order valence-corrected chi connectivity index (χ0v) is 20.8. The molecular formula is C26H31FN2O4S. The summed E-state index contributed by atoms with van der Waals surface area (Å²) in [4.78, 5) is 12.4. The second kappa shape index (κ2) is 11.2. The third kappa shape index (κ3) is 7.88. The lowest BCUT2D eigenvalue weighted by Gasteiger charge is -2.20. The Labute approximate surface area is 201 Å². The Morgan fingerprint density at radius 2 is 1.85 bits per heavy atom. The number of carbonyl (C=O) groups is 1. The van der Waals surface area contributed by atoms with Crippen molar-refractivity contribution in [1.82, 2.24) is 5.32 Å². The molecule has 0 bridgehead atoms. The van der Waals surface area contributed by atoms with E-state index in [9.17, 15) is 17.6 Å². The van der Waals surface area contributed by atoms with Crippen LogP contribution in [0.15, 0.2) is 55.6 Å². The van der Waals surface area contributed by atoms with Gasteiger partial charge >= 0.3 is 0 Å². The van der Waals surface area contributed by atoms with E-state index in [0.29, 0.717) is 17.9 Å². The number of hydrogen-bond donors (Lipinski definition) is 2. The number of nitrogens with one attached hydrogen (secondary N) is 2. The van der Waals surface area contributed by atoms with E-state index < -0.39 is 15.8 Å². The van der Waals surface area contributed by atoms with Crippen LogP contribution in [0.25, 0.3) is 12.2 Å². The number of rotatable bonds is 10. The molecule has 0 radical (unpaired) electrons. The van der Waals surface area contributed by atoms with Gasteiger partial charge in [-0.3, -0.25) is 9.52 Å². The summed E-state index contributed by atoms with van der Waals surface area (Å²) >= 11 is 0. The van der Waals surface area contributed by atoms with Crippen molar-refractivity contribution in [3.05, 3.63) is 83.7 Å². The molecular weight excluding hydrogens is 455 g/mol. The molecule has 0 atom stereocenters. The van der Waals surface area contributed by atoms with E-state index in [1.165, 1.54) is 12.2 Å². The molecule has 2 N–H and O–H groups in total. The second-order valence-electron chi connectivity index (χ2n) is 8.77. The highest BCUT2D eigenvalue weighted by atomic mass is 32.2. The van der Waals surface area contributed by atoms with Crippen LogP contribution in [0.4, 0.5) is 10.1 Å². The van der Waals surface area contributed by atoms with E-state index in [4.69, 9.17) is 4.74 Å². The van der Waals surface area contributed by atoms with Gasteiger partial charge in [0.15, 0.2) is 0 Å². The Balaban J connectivity index is 2.16. The summed E-state index contributed by atoms with van der Waals surface area (Å²) in [5, 5.41) is 2.69. The van der Waals surface area contributed by atoms with Gasteiger partial charge in [-0.05, 0) is 40.8 Å². The first-order valence-corrected chi connectivity index (χ1v) is 12.5. The quantitative estimate of drug-likeness (QED) is 0.364. The van der Waals surface area contributed by atoms with E-state index in [1.807, 2.05) is 18.2 Å². The zero-order chi connectivity index (χ0) is 25.5. The second-order valence-corrected chi connectivity index (χ2v) is 10.5. The van der Waals surface area contributed by atoms with Crippen molar-refractivity contribution in [3.63, 3.8) is 0 Å². The van der Waals surface area contributed by atoms with Crippen molar-refractivity contribution in [2.24, 2.45) is 0 Å². The van der Waals surface area contributed by atoms with Gasteiger partial charge in [0.05, 0.1) is 11.9 Å². The topological polar surface area (TPSA) is 84.5 Å². The molecule has 1 amide bonds. The number of ether oxygens (including phenoxy) is 1. The summed E-state index contributed by atoms with van der Waals surface area (Å²) in [5.41, 5.74) is 2.32. The Kier molecular flexibility index (Phi) is 8.81. The highest BCUT2D eigenvalue weighted by Crippen LogP contribution is 2.29. The summed E-state index contributed by atoms with van der Waals surface area (Å²) in [7, 11) is -3.66. The van der Waals surface area contributed by atoms with Crippen molar-refractivity contribution in [3.8, 4) is 5.75 Å². The summed E-state index contributed by atoms with van der Waals surface area (Å²) in [6.07, 6.45) is 6.95. The van der Waals surface area contributed by atoms with E-state index in [0.717, 1.165) is 23.4 Å². The molecule has 0 heterocycles. The fourth-order valence-electron chi connectivity index (χ4n) is 3.07. The molecule has 182 valence electrons. The zero-order valence-electron chi connectivity index (χ0n) is 19.9. The molecule has 6 nitrogen and oxygen atoms in total. The number of anilines is 1. The third-order valence-electron chi connectivity index (χ3n) is 4.81. The molecule has 34 heavy (non-hydrogen) atoms. The van der Waals surface area contributed by atoms with Crippen LogP contribution in [0.3, 0.4) is 0 Å². The van der Waals surface area contributed by atoms with Gasteiger partial charge in [0.25, 0.3) is 0 Å². The number of benzene rings is 2. The SMILES string of the molecule is C=CCOc1cc(C(C)(C)C)ccc1C=CC(=O)NCc1cc(F)c(NS(C)(=O)=O)c(C=C)c1. The van der Waals surface area contributed by atoms with Gasteiger partial charge in [-0.2, -0.15) is 0 Å². The smallest absolute Gasteiger partial charge is 0.244 e. The molecule has 0 aliphatic rings. The van der Waals surface area contributed by atoms with Gasteiger partial charge in [0.1, 0.15) is 18.2 Å². The molecule has 0 saturated carbocycles. The number of carbonyl (C=O) groups excluding carboxylic acids is 1. The van der Waals surface area contributed by atoms with E-state index in [2.05, 4.69) is 44.0 Å². The van der Waals surface area contributed by atoms with E-state index in [1.54, 1.807) is 18.2 Å². The lowest BCUT2D eigenvalue weighted by atomic mass is 9.86. The Bertz CT molecular complexity index is 1210. The van der Waals surface area contributed by atoms with Gasteiger partial charge in [-0.15, -0.1) is 0 Å². The average molecular weight is 487 g/mol.